The molecule has 0 radical (unpaired) electrons. The van der Waals surface area contributed by atoms with Crippen LogP contribution >= 0.6 is 7.82 Å². The average Bonchev–Trinajstić information content (AvgIpc) is 1.27. The summed E-state index contributed by atoms with van der Waals surface area (Å²) in [6, 6.07) is 0. The minimum Gasteiger partial charge on any atom is -0.303 e. The summed E-state index contributed by atoms with van der Waals surface area (Å²) in [6.07, 6.45) is 0. The van der Waals surface area contributed by atoms with Crippen molar-refractivity contribution in [3.05, 3.63) is 0 Å². The number of rotatable bonds is 0. The Morgan fingerprint density at radius 1 is 1.25 bits per heavy atom. The largest absolute Gasteiger partial charge is 0.466 e. The van der Waals surface area contributed by atoms with Gasteiger partial charge >= 0.3 is 24.9 Å². The van der Waals surface area contributed by atoms with Gasteiger partial charge in [-0.1, -0.05) is 0 Å². The Balaban J connectivity index is 0. The van der Waals surface area contributed by atoms with E-state index in [0.717, 1.165) is 0 Å². The van der Waals surface area contributed by atoms with Crippen LogP contribution in [0.1, 0.15) is 0 Å². The SMILES string of the molecule is O=BO.O=P(O)(O)O. The van der Waals surface area contributed by atoms with Crippen molar-refractivity contribution >= 4 is 15.2 Å². The molecule has 0 atom stereocenters. The Morgan fingerprint density at radius 3 is 1.25 bits per heavy atom. The zero-order valence-electron chi connectivity index (χ0n) is 3.63. The van der Waals surface area contributed by atoms with Crippen molar-refractivity contribution in [1.29, 1.82) is 0 Å². The molecule has 0 aliphatic carbocycles. The first-order valence-electron chi connectivity index (χ1n) is 1.28. The maximum atomic E-state index is 8.88. The molecule has 0 aliphatic heterocycles. The second-order valence-corrected chi connectivity index (χ2v) is 1.65. The number of hydrogen-bond acceptors (Lipinski definition) is 2. The molecule has 0 amide bonds. The summed E-state index contributed by atoms with van der Waals surface area (Å²) in [5.74, 6) is 0. The van der Waals surface area contributed by atoms with Crippen molar-refractivity contribution in [2.45, 2.75) is 0 Å². The standard InChI is InChI=1S/BHO2.H3O4P/c2-1-3;1-5(2,3)4/h2H;(H3,1,2,3,4). The summed E-state index contributed by atoms with van der Waals surface area (Å²) in [5, 5.41) is 6.89. The molecule has 0 rings (SSSR count). The quantitative estimate of drug-likeness (QED) is 0.230. The molecule has 0 aromatic rings. The van der Waals surface area contributed by atoms with Gasteiger partial charge in [-0.2, -0.15) is 0 Å². The molecule has 8 heavy (non-hydrogen) atoms. The molecule has 8 heteroatoms. The predicted octanol–water partition coefficient (Wildman–Crippen LogP) is -1.99. The van der Waals surface area contributed by atoms with Crippen molar-refractivity contribution in [3.63, 3.8) is 0 Å². The third kappa shape index (κ3) is 2600. The van der Waals surface area contributed by atoms with Crippen molar-refractivity contribution in [2.75, 3.05) is 0 Å². The maximum Gasteiger partial charge on any atom is 0.466 e. The molecule has 6 nitrogen and oxygen atoms in total. The molecule has 48 valence electrons. The van der Waals surface area contributed by atoms with E-state index < -0.39 is 7.82 Å². The molecule has 0 heterocycles. The smallest absolute Gasteiger partial charge is 0.303 e. The maximum absolute atomic E-state index is 8.88. The minimum atomic E-state index is -4.64. The second-order valence-electron chi connectivity index (χ2n) is 0.619. The molecule has 0 aromatic carbocycles. The Labute approximate surface area is 45.3 Å². The Hall–Kier alpha value is -0.225. The van der Waals surface area contributed by atoms with Gasteiger partial charge in [0.05, 0.1) is 0 Å². The van der Waals surface area contributed by atoms with Gasteiger partial charge in [-0.05, 0) is 0 Å². The molecular weight excluding hydrogens is 138 g/mol. The molecule has 4 N–H and O–H groups in total. The van der Waals surface area contributed by atoms with Gasteiger partial charge in [0.2, 0.25) is 0 Å². The average molecular weight is 142 g/mol. The Kier molecular flexibility index (Phi) is 6.58. The summed E-state index contributed by atoms with van der Waals surface area (Å²) in [6.45, 7) is 0. The predicted molar refractivity (Wildman–Crippen MR) is 22.9 cm³/mol. The van der Waals surface area contributed by atoms with Gasteiger partial charge in [0.25, 0.3) is 0 Å². The van der Waals surface area contributed by atoms with E-state index in [4.69, 9.17) is 29.0 Å². The Bertz CT molecular complexity index is 82.4. The normalized spacial score (nSPS) is 8.38. The van der Waals surface area contributed by atoms with E-state index >= 15 is 0 Å². The van der Waals surface area contributed by atoms with Gasteiger partial charge in [0.1, 0.15) is 0 Å². The van der Waals surface area contributed by atoms with Gasteiger partial charge in [-0.25, -0.2) is 4.57 Å². The van der Waals surface area contributed by atoms with E-state index in [-0.39, 0.29) is 7.35 Å². The van der Waals surface area contributed by atoms with Gasteiger partial charge in [-0.3, -0.25) is 0 Å². The third-order valence-electron chi connectivity index (χ3n) is 0. The fraction of sp³-hybridized carbons (Fsp3) is 0. The van der Waals surface area contributed by atoms with Crippen molar-refractivity contribution in [2.24, 2.45) is 0 Å². The summed E-state index contributed by atoms with van der Waals surface area (Å²) in [5.41, 5.74) is 0. The zero-order valence-corrected chi connectivity index (χ0v) is 4.52. The van der Waals surface area contributed by atoms with Crippen LogP contribution in [-0.2, 0) is 9.27 Å². The van der Waals surface area contributed by atoms with E-state index in [2.05, 4.69) is 0 Å². The molecule has 0 aromatic heterocycles. The number of hydrogen-bond donors (Lipinski definition) is 4. The van der Waals surface area contributed by atoms with Gasteiger partial charge in [0, 0.05) is 0 Å². The van der Waals surface area contributed by atoms with Crippen molar-refractivity contribution in [1.82, 2.24) is 0 Å². The fourth-order valence-electron chi connectivity index (χ4n) is 0. The van der Waals surface area contributed by atoms with E-state index in [1.165, 1.54) is 0 Å². The second kappa shape index (κ2) is 4.92. The molecule has 0 saturated heterocycles. The van der Waals surface area contributed by atoms with E-state index in [1.54, 1.807) is 0 Å². The van der Waals surface area contributed by atoms with E-state index in [9.17, 15) is 0 Å². The van der Waals surface area contributed by atoms with Gasteiger partial charge in [0.15, 0.2) is 0 Å². The summed E-state index contributed by atoms with van der Waals surface area (Å²) in [7, 11) is -4.89. The monoisotopic (exact) mass is 142 g/mol. The van der Waals surface area contributed by atoms with Crippen LogP contribution in [0.5, 0.6) is 0 Å². The minimum absolute atomic E-state index is 0.250. The van der Waals surface area contributed by atoms with Gasteiger partial charge < -0.3 is 14.7 Å². The molecule has 0 saturated carbocycles. The molecule has 0 fully saturated rings. The van der Waals surface area contributed by atoms with Gasteiger partial charge in [-0.15, -0.1) is 0 Å². The van der Waals surface area contributed by atoms with Crippen LogP contribution in [0.3, 0.4) is 0 Å². The molecule has 0 unspecified atom stereocenters. The van der Waals surface area contributed by atoms with Crippen LogP contribution in [0.25, 0.3) is 0 Å². The first-order valence-corrected chi connectivity index (χ1v) is 2.84. The third-order valence-corrected chi connectivity index (χ3v) is 0. The topological polar surface area (TPSA) is 115 Å². The molecule has 0 aliphatic rings. The zero-order chi connectivity index (χ0) is 7.21. The van der Waals surface area contributed by atoms with Crippen LogP contribution in [0.15, 0.2) is 0 Å². The van der Waals surface area contributed by atoms with Crippen LogP contribution in [-0.4, -0.2) is 27.1 Å². The number of phosphoric acid groups is 1. The Morgan fingerprint density at radius 2 is 1.25 bits per heavy atom. The van der Waals surface area contributed by atoms with Crippen LogP contribution in [0.4, 0.5) is 0 Å². The van der Waals surface area contributed by atoms with Crippen LogP contribution in [0, 0.1) is 0 Å². The van der Waals surface area contributed by atoms with Crippen molar-refractivity contribution < 1.29 is 29.0 Å². The van der Waals surface area contributed by atoms with Crippen LogP contribution in [0.2, 0.25) is 0 Å². The van der Waals surface area contributed by atoms with Crippen LogP contribution < -0.4 is 0 Å². The summed E-state index contributed by atoms with van der Waals surface area (Å²) >= 11 is 0. The molecular formula is H4BO6P. The van der Waals surface area contributed by atoms with Crippen molar-refractivity contribution in [3.8, 4) is 0 Å². The summed E-state index contributed by atoms with van der Waals surface area (Å²) < 4.78 is 17.2. The van der Waals surface area contributed by atoms with E-state index in [0.29, 0.717) is 0 Å². The van der Waals surface area contributed by atoms with E-state index in [1.807, 2.05) is 0 Å². The fourth-order valence-corrected chi connectivity index (χ4v) is 0. The first-order chi connectivity index (χ1) is 3.41. The summed E-state index contributed by atoms with van der Waals surface area (Å²) in [4.78, 5) is 21.6. The molecule has 0 spiro atoms. The molecule has 0 bridgehead atoms. The first kappa shape index (κ1) is 10.7.